The van der Waals surface area contributed by atoms with Crippen LogP contribution in [0.4, 0.5) is 13.2 Å². The minimum Gasteiger partial charge on any atom is -0.346 e. The lowest BCUT2D eigenvalue weighted by atomic mass is 9.96. The first kappa shape index (κ1) is 23.1. The molecule has 182 valence electrons. The van der Waals surface area contributed by atoms with Crippen molar-refractivity contribution >= 4 is 16.9 Å². The van der Waals surface area contributed by atoms with Crippen LogP contribution < -0.4 is 0 Å². The van der Waals surface area contributed by atoms with E-state index in [1.165, 1.54) is 5.56 Å². The number of pyridine rings is 1. The number of piperidine rings is 1. The number of rotatable bonds is 6. The highest BCUT2D eigenvalue weighted by Gasteiger charge is 2.36. The average molecular weight is 482 g/mol. The van der Waals surface area contributed by atoms with Gasteiger partial charge in [-0.25, -0.2) is 4.98 Å². The molecule has 1 N–H and O–H groups in total. The molecule has 6 nitrogen and oxygen atoms in total. The van der Waals surface area contributed by atoms with Gasteiger partial charge in [0.25, 0.3) is 0 Å². The number of hydrogen-bond acceptors (Lipinski definition) is 3. The highest BCUT2D eigenvalue weighted by atomic mass is 19.4. The summed E-state index contributed by atoms with van der Waals surface area (Å²) in [5.74, 6) is 0.627. The summed E-state index contributed by atoms with van der Waals surface area (Å²) < 4.78 is 41.8. The topological polar surface area (TPSA) is 66.8 Å². The lowest BCUT2D eigenvalue weighted by Crippen LogP contribution is -2.39. The van der Waals surface area contributed by atoms with E-state index in [9.17, 15) is 18.0 Å². The Labute approximate surface area is 200 Å². The highest BCUT2D eigenvalue weighted by molar-refractivity contribution is 5.80. The van der Waals surface area contributed by atoms with Gasteiger partial charge in [-0.15, -0.1) is 0 Å². The summed E-state index contributed by atoms with van der Waals surface area (Å²) in [6.07, 6.45) is 1.69. The first-order valence-corrected chi connectivity index (χ1v) is 11.8. The van der Waals surface area contributed by atoms with Gasteiger partial charge in [0.15, 0.2) is 0 Å². The summed E-state index contributed by atoms with van der Waals surface area (Å²) in [5, 5.41) is 5.59. The lowest BCUT2D eigenvalue weighted by molar-refractivity contribution is -0.140. The molecule has 4 heterocycles. The van der Waals surface area contributed by atoms with Gasteiger partial charge >= 0.3 is 6.18 Å². The molecule has 1 saturated heterocycles. The number of benzene rings is 1. The van der Waals surface area contributed by atoms with Crippen LogP contribution in [0.25, 0.3) is 22.3 Å². The summed E-state index contributed by atoms with van der Waals surface area (Å²) in [4.78, 5) is 19.0. The molecule has 1 aliphatic heterocycles. The van der Waals surface area contributed by atoms with Crippen LogP contribution in [-0.2, 0) is 23.9 Å². The molecule has 0 aliphatic carbocycles. The molecule has 5 rings (SSSR count). The second-order valence-electron chi connectivity index (χ2n) is 9.04. The van der Waals surface area contributed by atoms with E-state index in [-0.39, 0.29) is 17.2 Å². The van der Waals surface area contributed by atoms with Crippen LogP contribution >= 0.6 is 0 Å². The van der Waals surface area contributed by atoms with E-state index in [1.54, 1.807) is 6.07 Å². The van der Waals surface area contributed by atoms with Crippen molar-refractivity contribution < 1.29 is 18.0 Å². The molecule has 0 radical (unpaired) electrons. The van der Waals surface area contributed by atoms with Gasteiger partial charge in [-0.3, -0.25) is 9.89 Å². The molecule has 35 heavy (non-hydrogen) atoms. The number of aryl methyl sites for hydroxylation is 1. The molecule has 0 spiro atoms. The Kier molecular flexibility index (Phi) is 6.32. The molecule has 1 aromatic carbocycles. The first-order valence-electron chi connectivity index (χ1n) is 11.8. The number of H-pyrrole nitrogens is 1. The van der Waals surface area contributed by atoms with Crippen molar-refractivity contribution in [1.82, 2.24) is 24.6 Å². The van der Waals surface area contributed by atoms with E-state index < -0.39 is 11.9 Å². The number of alkyl halides is 3. The molecular formula is C26H26F3N5O. The fraction of sp³-hybridized carbons (Fsp3) is 0.346. The summed E-state index contributed by atoms with van der Waals surface area (Å²) in [6, 6.07) is 15.3. The minimum atomic E-state index is -4.52. The number of aromatic nitrogens is 4. The van der Waals surface area contributed by atoms with Crippen LogP contribution in [0.3, 0.4) is 0 Å². The fourth-order valence-corrected chi connectivity index (χ4v) is 4.78. The number of aromatic amines is 1. The summed E-state index contributed by atoms with van der Waals surface area (Å²) in [5.41, 5.74) is 1.98. The number of nitrogens with zero attached hydrogens (tertiary/aromatic N) is 4. The lowest BCUT2D eigenvalue weighted by Gasteiger charge is -2.32. The Morgan fingerprint density at radius 1 is 1.06 bits per heavy atom. The van der Waals surface area contributed by atoms with Crippen molar-refractivity contribution in [2.45, 2.75) is 38.4 Å². The van der Waals surface area contributed by atoms with E-state index in [2.05, 4.69) is 14.6 Å². The molecule has 4 aromatic rings. The molecule has 0 atom stereocenters. The number of nitrogens with one attached hydrogen (secondary N) is 1. The molecule has 0 saturated carbocycles. The number of hydrogen-bond donors (Lipinski definition) is 1. The van der Waals surface area contributed by atoms with E-state index in [0.717, 1.165) is 50.6 Å². The van der Waals surface area contributed by atoms with Gasteiger partial charge in [0.1, 0.15) is 5.69 Å². The van der Waals surface area contributed by atoms with Crippen molar-refractivity contribution in [2.75, 3.05) is 13.1 Å². The predicted molar refractivity (Wildman–Crippen MR) is 126 cm³/mol. The van der Waals surface area contributed by atoms with Crippen molar-refractivity contribution in [2.24, 2.45) is 5.92 Å². The molecule has 0 unspecified atom stereocenters. The first-order chi connectivity index (χ1) is 16.9. The van der Waals surface area contributed by atoms with Crippen LogP contribution in [0, 0.1) is 5.92 Å². The van der Waals surface area contributed by atoms with Gasteiger partial charge in [-0.2, -0.15) is 18.3 Å². The van der Waals surface area contributed by atoms with Crippen molar-refractivity contribution in [1.29, 1.82) is 0 Å². The normalized spacial score (nSPS) is 15.1. The van der Waals surface area contributed by atoms with Gasteiger partial charge in [0.05, 0.1) is 28.5 Å². The molecule has 0 bridgehead atoms. The third-order valence-electron chi connectivity index (χ3n) is 6.72. The molecule has 1 amide bonds. The standard InChI is InChI=1S/C26H26F3N5O/c27-26(28,29)25-20(16-30-32-25)21-7-8-23-22(31-21)12-15-34(23)17-19-10-13-33(14-11-19)24(35)9-6-18-4-2-1-3-5-18/h1-5,7-8,12,15-16,19H,6,9-11,13-14,17H2,(H,30,32). The maximum atomic E-state index is 13.2. The Hall–Kier alpha value is -3.62. The average Bonchev–Trinajstić information content (AvgIpc) is 3.51. The zero-order chi connectivity index (χ0) is 24.4. The zero-order valence-electron chi connectivity index (χ0n) is 19.1. The SMILES string of the molecule is O=C(CCc1ccccc1)N1CCC(Cn2ccc3nc(-c4cn[nH]c4C(F)(F)F)ccc32)CC1. The quantitative estimate of drug-likeness (QED) is 0.406. The van der Waals surface area contributed by atoms with Crippen LogP contribution in [-0.4, -0.2) is 43.6 Å². The van der Waals surface area contributed by atoms with Gasteiger partial charge in [0.2, 0.25) is 5.91 Å². The third kappa shape index (κ3) is 5.08. The highest BCUT2D eigenvalue weighted by Crippen LogP contribution is 2.35. The number of halogens is 3. The Bertz CT molecular complexity index is 1300. The van der Waals surface area contributed by atoms with Gasteiger partial charge in [0, 0.05) is 32.3 Å². The molecule has 9 heteroatoms. The van der Waals surface area contributed by atoms with Crippen LogP contribution in [0.1, 0.15) is 30.5 Å². The number of likely N-dealkylation sites (tertiary alicyclic amines) is 1. The summed E-state index contributed by atoms with van der Waals surface area (Å²) >= 11 is 0. The van der Waals surface area contributed by atoms with Crippen LogP contribution in [0.15, 0.2) is 60.9 Å². The molecule has 1 fully saturated rings. The summed E-state index contributed by atoms with van der Waals surface area (Å²) in [7, 11) is 0. The van der Waals surface area contributed by atoms with Gasteiger partial charge in [-0.05, 0) is 48.9 Å². The zero-order valence-corrected chi connectivity index (χ0v) is 19.1. The largest absolute Gasteiger partial charge is 0.433 e. The molecular weight excluding hydrogens is 455 g/mol. The van der Waals surface area contributed by atoms with E-state index in [0.29, 0.717) is 17.9 Å². The summed E-state index contributed by atoms with van der Waals surface area (Å²) in [6.45, 7) is 2.29. The number of carbonyl (C=O) groups is 1. The second-order valence-corrected chi connectivity index (χ2v) is 9.04. The maximum Gasteiger partial charge on any atom is 0.433 e. The fourth-order valence-electron chi connectivity index (χ4n) is 4.78. The van der Waals surface area contributed by atoms with Gasteiger partial charge < -0.3 is 9.47 Å². The predicted octanol–water partition coefficient (Wildman–Crippen LogP) is 5.32. The maximum absolute atomic E-state index is 13.2. The van der Waals surface area contributed by atoms with Crippen molar-refractivity contribution in [3.8, 4) is 11.3 Å². The van der Waals surface area contributed by atoms with Crippen molar-refractivity contribution in [3.63, 3.8) is 0 Å². The Morgan fingerprint density at radius 2 is 1.83 bits per heavy atom. The van der Waals surface area contributed by atoms with Gasteiger partial charge in [-0.1, -0.05) is 30.3 Å². The number of amides is 1. The Morgan fingerprint density at radius 3 is 2.57 bits per heavy atom. The number of fused-ring (bicyclic) bond motifs is 1. The smallest absolute Gasteiger partial charge is 0.346 e. The minimum absolute atomic E-state index is 0.0588. The Balaban J connectivity index is 1.19. The monoisotopic (exact) mass is 481 g/mol. The number of carbonyl (C=O) groups excluding carboxylic acids is 1. The van der Waals surface area contributed by atoms with Crippen LogP contribution in [0.2, 0.25) is 0 Å². The van der Waals surface area contributed by atoms with Crippen LogP contribution in [0.5, 0.6) is 0 Å². The molecule has 3 aromatic heterocycles. The van der Waals surface area contributed by atoms with E-state index in [4.69, 9.17) is 0 Å². The van der Waals surface area contributed by atoms with E-state index >= 15 is 0 Å². The second kappa shape index (κ2) is 9.56. The third-order valence-corrected chi connectivity index (χ3v) is 6.72. The molecule has 1 aliphatic rings. The van der Waals surface area contributed by atoms with Crippen molar-refractivity contribution in [3.05, 3.63) is 72.2 Å². The van der Waals surface area contributed by atoms with E-state index in [1.807, 2.05) is 58.7 Å².